The number of hydrogen-bond donors (Lipinski definition) is 0. The van der Waals surface area contributed by atoms with Gasteiger partial charge in [0.05, 0.1) is 5.25 Å². The standard InChI is InChI=1S/C15H9BrF3NOS.C2H6/c16-12-3-1-2-11(8-12)14(22-9-20)10-4-6-13(7-5-10)21-15(17,18)19;1-2/h1-8,14H;1-2H3. The maximum atomic E-state index is 12.2. The highest BCUT2D eigenvalue weighted by atomic mass is 79.9. The fourth-order valence-electron chi connectivity index (χ4n) is 1.90. The van der Waals surface area contributed by atoms with Crippen LogP contribution >= 0.6 is 27.7 Å². The summed E-state index contributed by atoms with van der Waals surface area (Å²) in [4.78, 5) is 0. The Kier molecular flexibility index (Phi) is 8.16. The Bertz CT molecular complexity index is 683. The largest absolute Gasteiger partial charge is 0.573 e. The Hall–Kier alpha value is -1.65. The highest BCUT2D eigenvalue weighted by Gasteiger charge is 2.31. The minimum atomic E-state index is -4.72. The van der Waals surface area contributed by atoms with Crippen molar-refractivity contribution in [3.8, 4) is 11.2 Å². The van der Waals surface area contributed by atoms with E-state index in [-0.39, 0.29) is 11.0 Å². The number of halogens is 4. The highest BCUT2D eigenvalue weighted by Crippen LogP contribution is 2.37. The molecule has 0 spiro atoms. The van der Waals surface area contributed by atoms with Crippen LogP contribution < -0.4 is 4.74 Å². The minimum absolute atomic E-state index is 0.286. The average molecular weight is 418 g/mol. The third-order valence-corrected chi connectivity index (χ3v) is 4.12. The van der Waals surface area contributed by atoms with Crippen molar-refractivity contribution < 1.29 is 17.9 Å². The first-order chi connectivity index (χ1) is 11.4. The fraction of sp³-hybridized carbons (Fsp3) is 0.235. The summed E-state index contributed by atoms with van der Waals surface area (Å²) in [6, 6.07) is 13.0. The molecule has 2 nitrogen and oxygen atoms in total. The summed E-state index contributed by atoms with van der Waals surface area (Å²) in [5, 5.41) is 10.7. The van der Waals surface area contributed by atoms with Crippen LogP contribution in [-0.2, 0) is 0 Å². The van der Waals surface area contributed by atoms with Gasteiger partial charge < -0.3 is 4.74 Å². The van der Waals surface area contributed by atoms with Crippen molar-refractivity contribution in [3.05, 3.63) is 64.1 Å². The summed E-state index contributed by atoms with van der Waals surface area (Å²) in [5.74, 6) is -0.286. The maximum absolute atomic E-state index is 12.2. The number of nitriles is 1. The van der Waals surface area contributed by atoms with Crippen LogP contribution in [0.2, 0.25) is 0 Å². The lowest BCUT2D eigenvalue weighted by Crippen LogP contribution is -2.17. The molecule has 0 radical (unpaired) electrons. The molecule has 0 aliphatic heterocycles. The Morgan fingerprint density at radius 2 is 1.71 bits per heavy atom. The Morgan fingerprint density at radius 3 is 2.21 bits per heavy atom. The summed E-state index contributed by atoms with van der Waals surface area (Å²) in [6.07, 6.45) is -4.72. The van der Waals surface area contributed by atoms with Crippen LogP contribution in [0.4, 0.5) is 13.2 Å². The van der Waals surface area contributed by atoms with E-state index in [4.69, 9.17) is 5.26 Å². The van der Waals surface area contributed by atoms with Gasteiger partial charge >= 0.3 is 6.36 Å². The topological polar surface area (TPSA) is 33.0 Å². The second kappa shape index (κ2) is 9.60. The molecule has 0 saturated heterocycles. The van der Waals surface area contributed by atoms with E-state index in [9.17, 15) is 13.2 Å². The molecular weight excluding hydrogens is 403 g/mol. The number of thioether (sulfide) groups is 1. The van der Waals surface area contributed by atoms with Crippen molar-refractivity contribution in [2.24, 2.45) is 0 Å². The Labute approximate surface area is 151 Å². The van der Waals surface area contributed by atoms with E-state index >= 15 is 0 Å². The summed E-state index contributed by atoms with van der Waals surface area (Å²) in [5.41, 5.74) is 1.60. The molecule has 2 aromatic carbocycles. The van der Waals surface area contributed by atoms with Crippen LogP contribution in [-0.4, -0.2) is 6.36 Å². The molecule has 0 aliphatic carbocycles. The molecule has 2 aromatic rings. The molecule has 0 N–H and O–H groups in total. The van der Waals surface area contributed by atoms with Crippen molar-refractivity contribution in [3.63, 3.8) is 0 Å². The van der Waals surface area contributed by atoms with Gasteiger partial charge in [0, 0.05) is 4.47 Å². The number of nitrogens with zero attached hydrogens (tertiary/aromatic N) is 1. The third kappa shape index (κ3) is 6.46. The maximum Gasteiger partial charge on any atom is 0.573 e. The van der Waals surface area contributed by atoms with E-state index in [1.807, 2.05) is 43.5 Å². The van der Waals surface area contributed by atoms with Gasteiger partial charge in [0.15, 0.2) is 0 Å². The predicted octanol–water partition coefficient (Wildman–Crippen LogP) is 6.68. The molecule has 2 rings (SSSR count). The van der Waals surface area contributed by atoms with E-state index in [0.29, 0.717) is 0 Å². The third-order valence-electron chi connectivity index (χ3n) is 2.74. The van der Waals surface area contributed by atoms with E-state index in [1.165, 1.54) is 24.3 Å². The van der Waals surface area contributed by atoms with E-state index in [2.05, 4.69) is 20.7 Å². The Morgan fingerprint density at radius 1 is 1.08 bits per heavy atom. The SMILES string of the molecule is CC.N#CSC(c1ccc(OC(F)(F)F)cc1)c1cccc(Br)c1. The van der Waals surface area contributed by atoms with Gasteiger partial charge in [-0.3, -0.25) is 0 Å². The number of hydrogen-bond acceptors (Lipinski definition) is 3. The lowest BCUT2D eigenvalue weighted by atomic mass is 10.0. The van der Waals surface area contributed by atoms with Crippen LogP contribution in [0.25, 0.3) is 0 Å². The number of ether oxygens (including phenoxy) is 1. The summed E-state index contributed by atoms with van der Waals surface area (Å²) < 4.78 is 41.2. The smallest absolute Gasteiger partial charge is 0.406 e. The molecule has 128 valence electrons. The zero-order valence-electron chi connectivity index (χ0n) is 13.0. The molecule has 7 heteroatoms. The van der Waals surface area contributed by atoms with Crippen molar-refractivity contribution in [2.75, 3.05) is 0 Å². The van der Waals surface area contributed by atoms with Crippen molar-refractivity contribution in [1.82, 2.24) is 0 Å². The molecular formula is C17H15BrF3NOS. The summed E-state index contributed by atoms with van der Waals surface area (Å²) >= 11 is 4.39. The second-order valence-electron chi connectivity index (χ2n) is 4.26. The summed E-state index contributed by atoms with van der Waals surface area (Å²) in [7, 11) is 0. The number of benzene rings is 2. The van der Waals surface area contributed by atoms with Gasteiger partial charge in [0.2, 0.25) is 0 Å². The van der Waals surface area contributed by atoms with Crippen molar-refractivity contribution in [2.45, 2.75) is 25.5 Å². The van der Waals surface area contributed by atoms with Crippen molar-refractivity contribution >= 4 is 27.7 Å². The van der Waals surface area contributed by atoms with E-state index < -0.39 is 6.36 Å². The highest BCUT2D eigenvalue weighted by molar-refractivity contribution is 9.10. The molecule has 1 unspecified atom stereocenters. The van der Waals surface area contributed by atoms with Gasteiger partial charge in [-0.25, -0.2) is 0 Å². The average Bonchev–Trinajstić information content (AvgIpc) is 2.54. The van der Waals surface area contributed by atoms with Gasteiger partial charge in [-0.05, 0) is 47.2 Å². The summed E-state index contributed by atoms with van der Waals surface area (Å²) in [6.45, 7) is 4.00. The lowest BCUT2D eigenvalue weighted by molar-refractivity contribution is -0.274. The van der Waals surface area contributed by atoms with Crippen LogP contribution in [0.15, 0.2) is 53.0 Å². The zero-order chi connectivity index (χ0) is 18.2. The molecule has 0 heterocycles. The number of rotatable bonds is 4. The van der Waals surface area contributed by atoms with Gasteiger partial charge in [-0.15, -0.1) is 13.2 Å². The molecule has 0 fully saturated rings. The van der Waals surface area contributed by atoms with Gasteiger partial charge in [0.1, 0.15) is 11.2 Å². The lowest BCUT2D eigenvalue weighted by Gasteiger charge is -2.15. The molecule has 1 atom stereocenters. The normalized spacial score (nSPS) is 11.7. The first-order valence-electron chi connectivity index (χ1n) is 7.05. The van der Waals surface area contributed by atoms with Crippen molar-refractivity contribution in [1.29, 1.82) is 5.26 Å². The molecule has 0 aliphatic rings. The van der Waals surface area contributed by atoms with E-state index in [1.54, 1.807) is 0 Å². The Balaban J connectivity index is 0.00000139. The van der Waals surface area contributed by atoms with Crippen LogP contribution in [0, 0.1) is 10.7 Å². The van der Waals surface area contributed by atoms with Gasteiger partial charge in [0.25, 0.3) is 0 Å². The van der Waals surface area contributed by atoms with Crippen LogP contribution in [0.3, 0.4) is 0 Å². The first-order valence-corrected chi connectivity index (χ1v) is 8.72. The van der Waals surface area contributed by atoms with Crippen LogP contribution in [0.1, 0.15) is 30.2 Å². The first kappa shape index (κ1) is 20.4. The fourth-order valence-corrected chi connectivity index (χ4v) is 2.99. The molecule has 0 aromatic heterocycles. The van der Waals surface area contributed by atoms with Crippen LogP contribution in [0.5, 0.6) is 5.75 Å². The monoisotopic (exact) mass is 417 g/mol. The molecule has 0 amide bonds. The quantitative estimate of drug-likeness (QED) is 0.520. The molecule has 24 heavy (non-hydrogen) atoms. The molecule has 0 saturated carbocycles. The second-order valence-corrected chi connectivity index (χ2v) is 6.07. The predicted molar refractivity (Wildman–Crippen MR) is 93.7 cm³/mol. The number of alkyl halides is 3. The number of thiocyanates is 1. The zero-order valence-corrected chi connectivity index (χ0v) is 15.4. The molecule has 0 bridgehead atoms. The van der Waals surface area contributed by atoms with E-state index in [0.717, 1.165) is 27.4 Å². The van der Waals surface area contributed by atoms with Gasteiger partial charge in [-0.1, -0.05) is 54.0 Å². The minimum Gasteiger partial charge on any atom is -0.406 e. The van der Waals surface area contributed by atoms with Gasteiger partial charge in [-0.2, -0.15) is 5.26 Å².